The number of urea groups is 1. The van der Waals surface area contributed by atoms with Crippen LogP contribution in [0.15, 0.2) is 30.3 Å². The maximum absolute atomic E-state index is 11.9. The molecule has 0 atom stereocenters. The van der Waals surface area contributed by atoms with Crippen LogP contribution in [0.1, 0.15) is 32.3 Å². The monoisotopic (exact) mass is 262 g/mol. The number of carbonyl (C=O) groups excluding carboxylic acids is 1. The molecule has 2 amide bonds. The zero-order valence-electron chi connectivity index (χ0n) is 11.6. The van der Waals surface area contributed by atoms with Crippen molar-refractivity contribution in [2.45, 2.75) is 32.2 Å². The van der Waals surface area contributed by atoms with Gasteiger partial charge in [0.25, 0.3) is 0 Å². The van der Waals surface area contributed by atoms with Crippen LogP contribution < -0.4 is 10.6 Å². The molecule has 1 aliphatic rings. The average Bonchev–Trinajstić information content (AvgIpc) is 3.19. The highest BCUT2D eigenvalue weighted by Gasteiger charge is 2.45. The third kappa shape index (κ3) is 3.47. The molecule has 0 aliphatic heterocycles. The number of benzene rings is 1. The van der Waals surface area contributed by atoms with E-state index < -0.39 is 0 Å². The van der Waals surface area contributed by atoms with Crippen molar-refractivity contribution in [3.63, 3.8) is 0 Å². The van der Waals surface area contributed by atoms with E-state index in [4.69, 9.17) is 5.11 Å². The second-order valence-corrected chi connectivity index (χ2v) is 6.08. The number of carbonyl (C=O) groups is 1. The molecule has 0 spiro atoms. The predicted molar refractivity (Wildman–Crippen MR) is 74.8 cm³/mol. The molecule has 104 valence electrons. The Labute approximate surface area is 114 Å². The Bertz CT molecular complexity index is 439. The molecule has 0 bridgehead atoms. The van der Waals surface area contributed by atoms with Crippen LogP contribution in [0.2, 0.25) is 0 Å². The summed E-state index contributed by atoms with van der Waals surface area (Å²) in [5.41, 5.74) is 0.682. The van der Waals surface area contributed by atoms with Gasteiger partial charge in [0.05, 0.1) is 5.54 Å². The average molecular weight is 262 g/mol. The van der Waals surface area contributed by atoms with Crippen LogP contribution in [0.5, 0.6) is 0 Å². The van der Waals surface area contributed by atoms with Crippen LogP contribution in [-0.4, -0.2) is 24.3 Å². The van der Waals surface area contributed by atoms with Gasteiger partial charge in [-0.05, 0) is 18.4 Å². The summed E-state index contributed by atoms with van der Waals surface area (Å²) in [7, 11) is 0. The zero-order valence-corrected chi connectivity index (χ0v) is 11.6. The maximum atomic E-state index is 11.9. The van der Waals surface area contributed by atoms with Crippen LogP contribution in [0.4, 0.5) is 4.79 Å². The minimum atomic E-state index is -0.291. The Morgan fingerprint density at radius 3 is 2.47 bits per heavy atom. The highest BCUT2D eigenvalue weighted by Crippen LogP contribution is 2.45. The molecule has 3 N–H and O–H groups in total. The lowest BCUT2D eigenvalue weighted by Gasteiger charge is -2.24. The van der Waals surface area contributed by atoms with E-state index in [2.05, 4.69) is 10.6 Å². The van der Waals surface area contributed by atoms with Crippen molar-refractivity contribution in [3.05, 3.63) is 35.9 Å². The fourth-order valence-corrected chi connectivity index (χ4v) is 2.01. The fraction of sp³-hybridized carbons (Fsp3) is 0.533. The van der Waals surface area contributed by atoms with Gasteiger partial charge in [0.1, 0.15) is 0 Å². The van der Waals surface area contributed by atoms with E-state index in [1.165, 1.54) is 0 Å². The first-order chi connectivity index (χ1) is 8.97. The lowest BCUT2D eigenvalue weighted by atomic mass is 9.95. The summed E-state index contributed by atoms with van der Waals surface area (Å²) in [6, 6.07) is 9.88. The van der Waals surface area contributed by atoms with Gasteiger partial charge >= 0.3 is 6.03 Å². The second kappa shape index (κ2) is 5.21. The molecule has 1 aromatic rings. The second-order valence-electron chi connectivity index (χ2n) is 6.08. The maximum Gasteiger partial charge on any atom is 0.315 e. The van der Waals surface area contributed by atoms with Crippen LogP contribution in [0.25, 0.3) is 0 Å². The number of rotatable bonds is 5. The standard InChI is InChI=1S/C15H22N2O2/c1-14(2,11-18)10-16-13(19)17-15(8-9-15)12-6-4-3-5-7-12/h3-7,18H,8-11H2,1-2H3,(H2,16,17,19). The van der Waals surface area contributed by atoms with Crippen LogP contribution >= 0.6 is 0 Å². The number of aliphatic hydroxyl groups excluding tert-OH is 1. The Balaban J connectivity index is 1.90. The van der Waals surface area contributed by atoms with Gasteiger partial charge in [-0.2, -0.15) is 0 Å². The summed E-state index contributed by atoms with van der Waals surface area (Å²) in [5, 5.41) is 15.0. The van der Waals surface area contributed by atoms with Crippen LogP contribution in [0.3, 0.4) is 0 Å². The first kappa shape index (κ1) is 13.9. The normalized spacial score (nSPS) is 16.8. The van der Waals surface area contributed by atoms with E-state index in [1.807, 2.05) is 44.2 Å². The molecule has 0 heterocycles. The van der Waals surface area contributed by atoms with Crippen molar-refractivity contribution in [2.75, 3.05) is 13.2 Å². The van der Waals surface area contributed by atoms with Crippen molar-refractivity contribution in [2.24, 2.45) is 5.41 Å². The lowest BCUT2D eigenvalue weighted by Crippen LogP contribution is -2.45. The number of nitrogens with one attached hydrogen (secondary N) is 2. The summed E-state index contributed by atoms with van der Waals surface area (Å²) >= 11 is 0. The molecule has 2 rings (SSSR count). The summed E-state index contributed by atoms with van der Waals surface area (Å²) in [5.74, 6) is 0. The molecule has 1 aliphatic carbocycles. The predicted octanol–water partition coefficient (Wildman–Crippen LogP) is 1.99. The quantitative estimate of drug-likeness (QED) is 0.760. The van der Waals surface area contributed by atoms with Gasteiger partial charge in [-0.1, -0.05) is 44.2 Å². The molecule has 1 aromatic carbocycles. The zero-order chi connectivity index (χ0) is 13.9. The van der Waals surface area contributed by atoms with E-state index >= 15 is 0 Å². The van der Waals surface area contributed by atoms with Gasteiger partial charge in [-0.25, -0.2) is 4.79 Å². The molecule has 1 saturated carbocycles. The summed E-state index contributed by atoms with van der Waals surface area (Å²) in [4.78, 5) is 11.9. The molecule has 4 heteroatoms. The smallest absolute Gasteiger partial charge is 0.315 e. The molecular weight excluding hydrogens is 240 g/mol. The van der Waals surface area contributed by atoms with Crippen molar-refractivity contribution in [1.82, 2.24) is 10.6 Å². The van der Waals surface area contributed by atoms with E-state index in [1.54, 1.807) is 0 Å². The minimum absolute atomic E-state index is 0.0527. The van der Waals surface area contributed by atoms with Gasteiger partial charge in [0, 0.05) is 18.6 Å². The molecular formula is C15H22N2O2. The molecule has 0 saturated heterocycles. The van der Waals surface area contributed by atoms with E-state index in [0.29, 0.717) is 6.54 Å². The minimum Gasteiger partial charge on any atom is -0.396 e. The summed E-state index contributed by atoms with van der Waals surface area (Å²) < 4.78 is 0. The first-order valence-electron chi connectivity index (χ1n) is 6.70. The molecule has 0 aromatic heterocycles. The molecule has 0 radical (unpaired) electrons. The Morgan fingerprint density at radius 1 is 1.32 bits per heavy atom. The third-order valence-corrected chi connectivity index (χ3v) is 3.58. The number of hydrogen-bond acceptors (Lipinski definition) is 2. The third-order valence-electron chi connectivity index (χ3n) is 3.58. The number of hydrogen-bond donors (Lipinski definition) is 3. The van der Waals surface area contributed by atoms with Gasteiger partial charge in [-0.15, -0.1) is 0 Å². The molecule has 4 nitrogen and oxygen atoms in total. The Kier molecular flexibility index (Phi) is 3.80. The van der Waals surface area contributed by atoms with Crippen molar-refractivity contribution >= 4 is 6.03 Å². The Hall–Kier alpha value is -1.55. The van der Waals surface area contributed by atoms with E-state index in [0.717, 1.165) is 18.4 Å². The molecule has 0 unspecified atom stereocenters. The Morgan fingerprint density at radius 2 is 1.95 bits per heavy atom. The highest BCUT2D eigenvalue weighted by atomic mass is 16.3. The largest absolute Gasteiger partial charge is 0.396 e. The van der Waals surface area contributed by atoms with Crippen LogP contribution in [-0.2, 0) is 5.54 Å². The fourth-order valence-electron chi connectivity index (χ4n) is 2.01. The summed E-state index contributed by atoms with van der Waals surface area (Å²) in [6.45, 7) is 4.34. The molecule has 1 fully saturated rings. The summed E-state index contributed by atoms with van der Waals surface area (Å²) in [6.07, 6.45) is 1.96. The van der Waals surface area contributed by atoms with E-state index in [9.17, 15) is 4.79 Å². The van der Waals surface area contributed by atoms with Crippen LogP contribution in [0, 0.1) is 5.41 Å². The highest BCUT2D eigenvalue weighted by molar-refractivity contribution is 5.75. The molecule has 19 heavy (non-hydrogen) atoms. The number of aliphatic hydroxyl groups is 1. The topological polar surface area (TPSA) is 61.4 Å². The van der Waals surface area contributed by atoms with Gasteiger partial charge in [0.2, 0.25) is 0 Å². The van der Waals surface area contributed by atoms with Gasteiger partial charge in [0.15, 0.2) is 0 Å². The number of amides is 2. The van der Waals surface area contributed by atoms with E-state index in [-0.39, 0.29) is 23.6 Å². The van der Waals surface area contributed by atoms with Gasteiger partial charge < -0.3 is 15.7 Å². The van der Waals surface area contributed by atoms with Gasteiger partial charge in [-0.3, -0.25) is 0 Å². The first-order valence-corrected chi connectivity index (χ1v) is 6.70. The SMILES string of the molecule is CC(C)(CO)CNC(=O)NC1(c2ccccc2)CC1. The van der Waals surface area contributed by atoms with Crippen molar-refractivity contribution in [1.29, 1.82) is 0 Å². The van der Waals surface area contributed by atoms with Crippen molar-refractivity contribution in [3.8, 4) is 0 Å². The lowest BCUT2D eigenvalue weighted by molar-refractivity contribution is 0.156. The van der Waals surface area contributed by atoms with Crippen molar-refractivity contribution < 1.29 is 9.90 Å².